The summed E-state index contributed by atoms with van der Waals surface area (Å²) >= 11 is 0. The Hall–Kier alpha value is -1.17. The molecule has 1 aromatic rings. The van der Waals surface area contributed by atoms with Crippen molar-refractivity contribution in [2.24, 2.45) is 17.8 Å². The van der Waals surface area contributed by atoms with E-state index in [2.05, 4.69) is 6.58 Å². The standard InChI is InChI=1S/C17H26O4S/c1-5-12(2)16(18)14(4)17(19)13(3)11-22(20,21)15-9-7-6-8-10-15/h5-10,12-14,16-19H,1,11H2,2-4H3/t12?,13?,14-,16-,17?/m0/s1. The van der Waals surface area contributed by atoms with Crippen molar-refractivity contribution in [3.8, 4) is 0 Å². The SMILES string of the molecule is C=CC(C)[C@H](O)[C@H](C)C(O)C(C)CS(=O)(=O)c1ccccc1. The fraction of sp³-hybridized carbons (Fsp3) is 0.529. The summed E-state index contributed by atoms with van der Waals surface area (Å²) in [6, 6.07) is 8.20. The summed E-state index contributed by atoms with van der Waals surface area (Å²) in [6.45, 7) is 8.85. The van der Waals surface area contributed by atoms with Gasteiger partial charge in [0.05, 0.1) is 22.9 Å². The zero-order valence-corrected chi connectivity index (χ0v) is 14.2. The van der Waals surface area contributed by atoms with Crippen LogP contribution in [-0.2, 0) is 9.84 Å². The molecule has 0 aliphatic heterocycles. The molecular formula is C17H26O4S. The van der Waals surface area contributed by atoms with Crippen molar-refractivity contribution in [1.82, 2.24) is 0 Å². The number of sulfone groups is 1. The minimum Gasteiger partial charge on any atom is -0.392 e. The molecule has 0 saturated carbocycles. The van der Waals surface area contributed by atoms with Crippen molar-refractivity contribution in [2.75, 3.05) is 5.75 Å². The molecule has 0 amide bonds. The van der Waals surface area contributed by atoms with Crippen LogP contribution in [0.25, 0.3) is 0 Å². The van der Waals surface area contributed by atoms with Gasteiger partial charge in [-0.15, -0.1) is 6.58 Å². The summed E-state index contributed by atoms with van der Waals surface area (Å²) in [5.41, 5.74) is 0. The van der Waals surface area contributed by atoms with Crippen LogP contribution in [0.4, 0.5) is 0 Å². The molecule has 22 heavy (non-hydrogen) atoms. The first-order valence-corrected chi connectivity index (χ1v) is 9.12. The highest BCUT2D eigenvalue weighted by atomic mass is 32.2. The Morgan fingerprint density at radius 2 is 1.64 bits per heavy atom. The monoisotopic (exact) mass is 326 g/mol. The molecule has 5 heteroatoms. The zero-order chi connectivity index (χ0) is 16.9. The average molecular weight is 326 g/mol. The van der Waals surface area contributed by atoms with E-state index >= 15 is 0 Å². The molecule has 0 fully saturated rings. The van der Waals surface area contributed by atoms with Gasteiger partial charge >= 0.3 is 0 Å². The van der Waals surface area contributed by atoms with Crippen molar-refractivity contribution in [1.29, 1.82) is 0 Å². The maximum atomic E-state index is 12.3. The van der Waals surface area contributed by atoms with Crippen LogP contribution in [0.15, 0.2) is 47.9 Å². The van der Waals surface area contributed by atoms with Crippen molar-refractivity contribution in [3.05, 3.63) is 43.0 Å². The molecule has 0 saturated heterocycles. The van der Waals surface area contributed by atoms with Crippen LogP contribution in [0.3, 0.4) is 0 Å². The van der Waals surface area contributed by atoms with Crippen molar-refractivity contribution in [2.45, 2.75) is 37.9 Å². The summed E-state index contributed by atoms with van der Waals surface area (Å²) < 4.78 is 24.7. The molecular weight excluding hydrogens is 300 g/mol. The second-order valence-corrected chi connectivity index (χ2v) is 8.04. The first-order valence-electron chi connectivity index (χ1n) is 7.47. The predicted octanol–water partition coefficient (Wildman–Crippen LogP) is 2.28. The van der Waals surface area contributed by atoms with Gasteiger partial charge in [0.25, 0.3) is 0 Å². The molecule has 1 aromatic carbocycles. The molecule has 0 aliphatic carbocycles. The Bertz CT molecular complexity index is 568. The van der Waals surface area contributed by atoms with Gasteiger partial charge in [-0.25, -0.2) is 8.42 Å². The first-order chi connectivity index (χ1) is 10.2. The van der Waals surface area contributed by atoms with Crippen molar-refractivity contribution >= 4 is 9.84 Å². The lowest BCUT2D eigenvalue weighted by atomic mass is 9.85. The van der Waals surface area contributed by atoms with E-state index in [-0.39, 0.29) is 16.6 Å². The zero-order valence-electron chi connectivity index (χ0n) is 13.4. The highest BCUT2D eigenvalue weighted by Crippen LogP contribution is 2.24. The van der Waals surface area contributed by atoms with E-state index in [1.807, 2.05) is 6.92 Å². The van der Waals surface area contributed by atoms with Crippen LogP contribution in [-0.4, -0.2) is 36.6 Å². The van der Waals surface area contributed by atoms with E-state index in [0.29, 0.717) is 0 Å². The van der Waals surface area contributed by atoms with Gasteiger partial charge in [-0.05, 0) is 18.1 Å². The third kappa shape index (κ3) is 4.66. The van der Waals surface area contributed by atoms with Gasteiger partial charge in [0.2, 0.25) is 0 Å². The molecule has 0 spiro atoms. The molecule has 0 aromatic heterocycles. The fourth-order valence-electron chi connectivity index (χ4n) is 2.51. The van der Waals surface area contributed by atoms with Gasteiger partial charge in [0.15, 0.2) is 9.84 Å². The van der Waals surface area contributed by atoms with Crippen LogP contribution in [0.5, 0.6) is 0 Å². The number of hydrogen-bond acceptors (Lipinski definition) is 4. The van der Waals surface area contributed by atoms with Crippen LogP contribution < -0.4 is 0 Å². The average Bonchev–Trinajstić information content (AvgIpc) is 2.52. The van der Waals surface area contributed by atoms with E-state index in [1.165, 1.54) is 0 Å². The second-order valence-electron chi connectivity index (χ2n) is 6.01. The van der Waals surface area contributed by atoms with E-state index in [1.54, 1.807) is 50.3 Å². The number of hydrogen-bond donors (Lipinski definition) is 2. The topological polar surface area (TPSA) is 74.6 Å². The van der Waals surface area contributed by atoms with Crippen molar-refractivity contribution in [3.63, 3.8) is 0 Å². The number of rotatable bonds is 8. The number of aliphatic hydroxyl groups excluding tert-OH is 2. The highest BCUT2D eigenvalue weighted by Gasteiger charge is 2.32. The van der Waals surface area contributed by atoms with E-state index in [0.717, 1.165) is 0 Å². The first kappa shape index (κ1) is 18.9. The molecule has 0 bridgehead atoms. The summed E-state index contributed by atoms with van der Waals surface area (Å²) in [5, 5.41) is 20.5. The molecule has 124 valence electrons. The van der Waals surface area contributed by atoms with E-state index < -0.39 is 33.9 Å². The molecule has 0 heterocycles. The molecule has 1 rings (SSSR count). The number of aliphatic hydroxyl groups is 2. The van der Waals surface area contributed by atoms with Gasteiger partial charge < -0.3 is 10.2 Å². The smallest absolute Gasteiger partial charge is 0.178 e. The van der Waals surface area contributed by atoms with Gasteiger partial charge in [0.1, 0.15) is 0 Å². The minimum absolute atomic E-state index is 0.155. The van der Waals surface area contributed by atoms with Crippen LogP contribution in [0.1, 0.15) is 20.8 Å². The molecule has 5 atom stereocenters. The van der Waals surface area contributed by atoms with Crippen LogP contribution in [0, 0.1) is 17.8 Å². The largest absolute Gasteiger partial charge is 0.392 e. The van der Waals surface area contributed by atoms with Gasteiger partial charge in [-0.1, -0.05) is 45.0 Å². The number of benzene rings is 1. The van der Waals surface area contributed by atoms with Crippen LogP contribution >= 0.6 is 0 Å². The quantitative estimate of drug-likeness (QED) is 0.719. The Kier molecular flexibility index (Phi) is 6.78. The summed E-state index contributed by atoms with van der Waals surface area (Å²) in [4.78, 5) is 0.252. The lowest BCUT2D eigenvalue weighted by molar-refractivity contribution is -0.0159. The molecule has 0 aliphatic rings. The Morgan fingerprint density at radius 3 is 2.14 bits per heavy atom. The lowest BCUT2D eigenvalue weighted by Gasteiger charge is -2.30. The summed E-state index contributed by atoms with van der Waals surface area (Å²) in [5.74, 6) is -1.24. The Balaban J connectivity index is 2.79. The predicted molar refractivity (Wildman–Crippen MR) is 88.2 cm³/mol. The van der Waals surface area contributed by atoms with E-state index in [4.69, 9.17) is 0 Å². The van der Waals surface area contributed by atoms with Crippen LogP contribution in [0.2, 0.25) is 0 Å². The molecule has 2 N–H and O–H groups in total. The third-order valence-corrected chi connectivity index (χ3v) is 6.11. The summed E-state index contributed by atoms with van der Waals surface area (Å²) in [6.07, 6.45) is -0.0375. The third-order valence-electron chi connectivity index (χ3n) is 4.16. The van der Waals surface area contributed by atoms with E-state index in [9.17, 15) is 18.6 Å². The van der Waals surface area contributed by atoms with Gasteiger partial charge in [-0.2, -0.15) is 0 Å². The van der Waals surface area contributed by atoms with Gasteiger partial charge in [0, 0.05) is 11.8 Å². The normalized spacial score (nSPS) is 19.0. The minimum atomic E-state index is -3.45. The lowest BCUT2D eigenvalue weighted by Crippen LogP contribution is -2.39. The van der Waals surface area contributed by atoms with Crippen molar-refractivity contribution < 1.29 is 18.6 Å². The van der Waals surface area contributed by atoms with Gasteiger partial charge in [-0.3, -0.25) is 0 Å². The second kappa shape index (κ2) is 7.90. The molecule has 4 nitrogen and oxygen atoms in total. The summed E-state index contributed by atoms with van der Waals surface area (Å²) in [7, 11) is -3.45. The Morgan fingerprint density at radius 1 is 1.09 bits per heavy atom. The molecule has 0 radical (unpaired) electrons. The maximum absolute atomic E-state index is 12.3. The molecule has 3 unspecified atom stereocenters. The Labute approximate surface area is 133 Å². The highest BCUT2D eigenvalue weighted by molar-refractivity contribution is 7.91. The maximum Gasteiger partial charge on any atom is 0.178 e. The fourth-order valence-corrected chi connectivity index (χ4v) is 4.16.